The van der Waals surface area contributed by atoms with Crippen LogP contribution in [0, 0.1) is 0 Å². The molecule has 1 saturated heterocycles. The highest BCUT2D eigenvalue weighted by atomic mass is 79.9. The van der Waals surface area contributed by atoms with Crippen LogP contribution < -0.4 is 4.74 Å². The number of hydrogen-bond acceptors (Lipinski definition) is 4. The Kier molecular flexibility index (Phi) is 5.20. The average molecular weight is 393 g/mol. The second-order valence-corrected chi connectivity index (χ2v) is 6.81. The van der Waals surface area contributed by atoms with Crippen molar-refractivity contribution < 1.29 is 9.53 Å². The van der Waals surface area contributed by atoms with Crippen LogP contribution in [0.15, 0.2) is 41.0 Å². The fourth-order valence-corrected chi connectivity index (χ4v) is 3.00. The second-order valence-electron chi connectivity index (χ2n) is 5.95. The predicted molar refractivity (Wildman–Crippen MR) is 95.4 cm³/mol. The van der Waals surface area contributed by atoms with Gasteiger partial charge in [0.2, 0.25) is 5.88 Å². The van der Waals surface area contributed by atoms with E-state index < -0.39 is 6.10 Å². The molecule has 7 heteroatoms. The maximum absolute atomic E-state index is 12.5. The fourth-order valence-electron chi connectivity index (χ4n) is 2.63. The van der Waals surface area contributed by atoms with Crippen LogP contribution >= 0.6 is 15.9 Å². The maximum Gasteiger partial charge on any atom is 0.263 e. The summed E-state index contributed by atoms with van der Waals surface area (Å²) in [6.45, 7) is 5.04. The molecule has 2 heterocycles. The summed E-state index contributed by atoms with van der Waals surface area (Å²) in [5.74, 6) is 0.429. The highest BCUT2D eigenvalue weighted by Gasteiger charge is 2.26. The number of aromatic nitrogens is 2. The largest absolute Gasteiger partial charge is 0.463 e. The first-order chi connectivity index (χ1) is 11.5. The van der Waals surface area contributed by atoms with Gasteiger partial charge in [0, 0.05) is 32.4 Å². The molecule has 0 saturated carbocycles. The normalized spacial score (nSPS) is 16.9. The Morgan fingerprint density at radius 3 is 2.54 bits per heavy atom. The van der Waals surface area contributed by atoms with Gasteiger partial charge in [0.05, 0.1) is 10.2 Å². The van der Waals surface area contributed by atoms with Crippen molar-refractivity contribution >= 4 is 21.8 Å². The minimum atomic E-state index is -0.566. The molecule has 0 radical (unpaired) electrons. The zero-order valence-electron chi connectivity index (χ0n) is 13.9. The molecule has 0 N–H and O–H groups in total. The summed E-state index contributed by atoms with van der Waals surface area (Å²) in [4.78, 5) is 16.6. The number of amides is 1. The second kappa shape index (κ2) is 7.36. The van der Waals surface area contributed by atoms with Gasteiger partial charge in [-0.15, -0.1) is 5.10 Å². The molecule has 1 aromatic heterocycles. The Hall–Kier alpha value is -1.86. The third kappa shape index (κ3) is 3.79. The Balaban J connectivity index is 1.67. The van der Waals surface area contributed by atoms with Gasteiger partial charge < -0.3 is 14.5 Å². The summed E-state index contributed by atoms with van der Waals surface area (Å²) in [6.07, 6.45) is 1.27. The van der Waals surface area contributed by atoms with Gasteiger partial charge in [0.25, 0.3) is 5.91 Å². The number of benzene rings is 1. The van der Waals surface area contributed by atoms with E-state index >= 15 is 0 Å². The lowest BCUT2D eigenvalue weighted by Crippen LogP contribution is -2.50. The molecule has 3 rings (SSSR count). The van der Waals surface area contributed by atoms with Gasteiger partial charge in [-0.2, -0.15) is 0 Å². The topological polar surface area (TPSA) is 50.6 Å². The van der Waals surface area contributed by atoms with E-state index in [1.54, 1.807) is 11.6 Å². The van der Waals surface area contributed by atoms with E-state index in [1.807, 2.05) is 41.4 Å². The molecule has 1 aliphatic heterocycles. The first-order valence-electron chi connectivity index (χ1n) is 7.99. The molecule has 1 atom stereocenters. The molecular formula is C17H21BrN4O2. The lowest BCUT2D eigenvalue weighted by Gasteiger charge is -2.33. The van der Waals surface area contributed by atoms with Crippen molar-refractivity contribution in [3.63, 3.8) is 0 Å². The predicted octanol–water partition coefficient (Wildman–Crippen LogP) is 2.18. The van der Waals surface area contributed by atoms with Crippen LogP contribution in [0.1, 0.15) is 6.92 Å². The van der Waals surface area contributed by atoms with E-state index in [4.69, 9.17) is 4.74 Å². The van der Waals surface area contributed by atoms with Crippen LogP contribution in [0.2, 0.25) is 0 Å². The number of rotatable bonds is 4. The van der Waals surface area contributed by atoms with E-state index in [1.165, 1.54) is 0 Å². The standard InChI is InChI=1S/C17H21BrN4O2/c1-13(17(23)21-10-8-20(2)9-11-21)24-16-15(18)12-22(19-16)14-6-4-3-5-7-14/h3-7,12-13H,8-11H2,1-2H3/t13-/m0/s1. The van der Waals surface area contributed by atoms with Gasteiger partial charge in [0.15, 0.2) is 6.10 Å². The van der Waals surface area contributed by atoms with E-state index in [9.17, 15) is 4.79 Å². The fraction of sp³-hybridized carbons (Fsp3) is 0.412. The third-order valence-electron chi connectivity index (χ3n) is 4.11. The number of ether oxygens (including phenoxy) is 1. The highest BCUT2D eigenvalue weighted by Crippen LogP contribution is 2.25. The molecule has 1 aliphatic rings. The van der Waals surface area contributed by atoms with Crippen molar-refractivity contribution in [2.45, 2.75) is 13.0 Å². The van der Waals surface area contributed by atoms with Crippen molar-refractivity contribution in [2.24, 2.45) is 0 Å². The van der Waals surface area contributed by atoms with Crippen molar-refractivity contribution in [2.75, 3.05) is 33.2 Å². The SMILES string of the molecule is C[C@H](Oc1nn(-c2ccccc2)cc1Br)C(=O)N1CCN(C)CC1. The Labute approximate surface area is 150 Å². The van der Waals surface area contributed by atoms with Gasteiger partial charge in [-0.25, -0.2) is 4.68 Å². The Morgan fingerprint density at radius 2 is 1.88 bits per heavy atom. The van der Waals surface area contributed by atoms with Crippen LogP contribution in [-0.4, -0.2) is 64.8 Å². The summed E-state index contributed by atoms with van der Waals surface area (Å²) in [6, 6.07) is 9.77. The minimum absolute atomic E-state index is 0.00395. The number of halogens is 1. The quantitative estimate of drug-likeness (QED) is 0.799. The van der Waals surface area contributed by atoms with E-state index in [2.05, 4.69) is 33.0 Å². The van der Waals surface area contributed by atoms with Crippen LogP contribution in [0.5, 0.6) is 5.88 Å². The zero-order valence-corrected chi connectivity index (χ0v) is 15.4. The van der Waals surface area contributed by atoms with Crippen molar-refractivity contribution in [1.29, 1.82) is 0 Å². The smallest absolute Gasteiger partial charge is 0.263 e. The molecule has 0 aliphatic carbocycles. The maximum atomic E-state index is 12.5. The number of likely N-dealkylation sites (N-methyl/N-ethyl adjacent to an activating group) is 1. The Bertz CT molecular complexity index is 696. The van der Waals surface area contributed by atoms with Crippen LogP contribution in [0.25, 0.3) is 5.69 Å². The molecule has 6 nitrogen and oxygen atoms in total. The lowest BCUT2D eigenvalue weighted by atomic mass is 10.2. The van der Waals surface area contributed by atoms with E-state index in [0.29, 0.717) is 5.88 Å². The summed E-state index contributed by atoms with van der Waals surface area (Å²) in [5.41, 5.74) is 0.936. The number of nitrogens with zero attached hydrogens (tertiary/aromatic N) is 4. The lowest BCUT2D eigenvalue weighted by molar-refractivity contribution is -0.139. The molecule has 0 bridgehead atoms. The van der Waals surface area contributed by atoms with Crippen LogP contribution in [0.4, 0.5) is 0 Å². The zero-order chi connectivity index (χ0) is 17.1. The van der Waals surface area contributed by atoms with Crippen LogP contribution in [-0.2, 0) is 4.79 Å². The highest BCUT2D eigenvalue weighted by molar-refractivity contribution is 9.10. The molecule has 1 fully saturated rings. The number of para-hydroxylation sites is 1. The summed E-state index contributed by atoms with van der Waals surface area (Å²) < 4.78 is 8.26. The van der Waals surface area contributed by atoms with Gasteiger partial charge in [-0.3, -0.25) is 4.79 Å². The first-order valence-corrected chi connectivity index (χ1v) is 8.78. The Morgan fingerprint density at radius 1 is 1.21 bits per heavy atom. The molecule has 2 aromatic rings. The summed E-state index contributed by atoms with van der Waals surface area (Å²) in [5, 5.41) is 4.43. The van der Waals surface area contributed by atoms with Gasteiger partial charge in [0.1, 0.15) is 0 Å². The number of hydrogen-bond donors (Lipinski definition) is 0. The molecule has 128 valence electrons. The van der Waals surface area contributed by atoms with Gasteiger partial charge in [-0.05, 0) is 42.0 Å². The molecular weight excluding hydrogens is 372 g/mol. The summed E-state index contributed by atoms with van der Waals surface area (Å²) in [7, 11) is 2.06. The van der Waals surface area contributed by atoms with E-state index in [0.717, 1.165) is 36.3 Å². The molecule has 1 aromatic carbocycles. The first kappa shape index (κ1) is 17.0. The summed E-state index contributed by atoms with van der Waals surface area (Å²) >= 11 is 3.46. The van der Waals surface area contributed by atoms with Crippen molar-refractivity contribution in [3.05, 3.63) is 41.0 Å². The number of carbonyl (C=O) groups excluding carboxylic acids is 1. The number of piperazine rings is 1. The molecule has 0 spiro atoms. The van der Waals surface area contributed by atoms with Crippen LogP contribution in [0.3, 0.4) is 0 Å². The molecule has 1 amide bonds. The molecule has 24 heavy (non-hydrogen) atoms. The third-order valence-corrected chi connectivity index (χ3v) is 4.65. The minimum Gasteiger partial charge on any atom is -0.463 e. The molecule has 0 unspecified atom stereocenters. The average Bonchev–Trinajstić information content (AvgIpc) is 2.96. The van der Waals surface area contributed by atoms with Gasteiger partial charge in [-0.1, -0.05) is 18.2 Å². The van der Waals surface area contributed by atoms with Crippen molar-refractivity contribution in [3.8, 4) is 11.6 Å². The number of carbonyl (C=O) groups is 1. The van der Waals surface area contributed by atoms with E-state index in [-0.39, 0.29) is 5.91 Å². The van der Waals surface area contributed by atoms with Gasteiger partial charge >= 0.3 is 0 Å². The monoisotopic (exact) mass is 392 g/mol. The van der Waals surface area contributed by atoms with Crippen molar-refractivity contribution in [1.82, 2.24) is 19.6 Å².